The molecule has 0 amide bonds. The number of hydrogen-bond acceptors (Lipinski definition) is 5. The Morgan fingerprint density at radius 3 is 1.92 bits per heavy atom. The number of oxime groups is 1. The SMILES string of the molecule is C=C(CC(O)c1cc(C(C)(C)C)c(N=O)c(C(C)(C)C)c1)ON=C(C)C. The molecule has 0 saturated heterocycles. The maximum Gasteiger partial charge on any atom is 0.130 e. The van der Waals surface area contributed by atoms with Gasteiger partial charge in [-0.25, -0.2) is 0 Å². The zero-order chi connectivity index (χ0) is 20.3. The predicted octanol–water partition coefficient (Wildman–Crippen LogP) is 6.03. The molecule has 0 saturated carbocycles. The van der Waals surface area contributed by atoms with E-state index < -0.39 is 6.10 Å². The van der Waals surface area contributed by atoms with E-state index in [-0.39, 0.29) is 17.3 Å². The van der Waals surface area contributed by atoms with Gasteiger partial charge in [-0.15, -0.1) is 4.91 Å². The van der Waals surface area contributed by atoms with E-state index in [9.17, 15) is 10.0 Å². The van der Waals surface area contributed by atoms with Crippen LogP contribution in [-0.2, 0) is 15.7 Å². The first-order valence-corrected chi connectivity index (χ1v) is 8.83. The Kier molecular flexibility index (Phi) is 6.88. The zero-order valence-electron chi connectivity index (χ0n) is 17.3. The number of rotatable bonds is 6. The van der Waals surface area contributed by atoms with Crippen LogP contribution in [0.1, 0.15) is 84.6 Å². The number of nitroso groups, excluding NO2 is 1. The molecule has 1 atom stereocenters. The summed E-state index contributed by atoms with van der Waals surface area (Å²) in [6.45, 7) is 19.6. The van der Waals surface area contributed by atoms with Gasteiger partial charge in [-0.3, -0.25) is 0 Å². The van der Waals surface area contributed by atoms with Gasteiger partial charge < -0.3 is 9.94 Å². The van der Waals surface area contributed by atoms with Crippen molar-refractivity contribution < 1.29 is 9.94 Å². The van der Waals surface area contributed by atoms with Crippen molar-refractivity contribution in [1.82, 2.24) is 0 Å². The topological polar surface area (TPSA) is 71.2 Å². The monoisotopic (exact) mass is 360 g/mol. The summed E-state index contributed by atoms with van der Waals surface area (Å²) in [5.41, 5.74) is 3.03. The molecule has 5 nitrogen and oxygen atoms in total. The van der Waals surface area contributed by atoms with Crippen molar-refractivity contribution >= 4 is 11.4 Å². The van der Waals surface area contributed by atoms with Crippen LogP contribution in [0, 0.1) is 4.91 Å². The van der Waals surface area contributed by atoms with Gasteiger partial charge in [0.25, 0.3) is 0 Å². The normalized spacial score (nSPS) is 13.1. The summed E-state index contributed by atoms with van der Waals surface area (Å²) < 4.78 is 0. The van der Waals surface area contributed by atoms with E-state index in [2.05, 4.69) is 16.9 Å². The van der Waals surface area contributed by atoms with Crippen molar-refractivity contribution in [3.8, 4) is 0 Å². The number of hydrogen-bond donors (Lipinski definition) is 1. The predicted molar refractivity (Wildman–Crippen MR) is 108 cm³/mol. The molecule has 0 heterocycles. The van der Waals surface area contributed by atoms with E-state index in [1.54, 1.807) is 0 Å². The lowest BCUT2D eigenvalue weighted by Gasteiger charge is -2.29. The summed E-state index contributed by atoms with van der Waals surface area (Å²) >= 11 is 0. The van der Waals surface area contributed by atoms with E-state index in [0.717, 1.165) is 16.8 Å². The van der Waals surface area contributed by atoms with Crippen LogP contribution in [0.4, 0.5) is 5.69 Å². The van der Waals surface area contributed by atoms with Crippen LogP contribution in [0.15, 0.2) is 34.8 Å². The third-order valence-corrected chi connectivity index (χ3v) is 4.00. The maximum absolute atomic E-state index is 11.6. The molecule has 0 spiro atoms. The second-order valence-corrected chi connectivity index (χ2v) is 8.94. The Bertz CT molecular complexity index is 668. The standard InChI is InChI=1S/C21H32N2O3/c1-13(2)23-26-14(3)10-18(24)15-11-16(20(4,5)6)19(22-25)17(12-15)21(7,8)9/h11-12,18,24H,3,10H2,1-2,4-9H3. The Hall–Kier alpha value is -2.01. The smallest absolute Gasteiger partial charge is 0.130 e. The third-order valence-electron chi connectivity index (χ3n) is 4.00. The molecule has 1 N–H and O–H groups in total. The van der Waals surface area contributed by atoms with Gasteiger partial charge in [-0.1, -0.05) is 65.4 Å². The largest absolute Gasteiger partial charge is 0.388 e. The molecule has 0 fully saturated rings. The minimum atomic E-state index is -0.808. The number of nitrogens with zero attached hydrogens (tertiary/aromatic N) is 2. The van der Waals surface area contributed by atoms with Crippen LogP contribution in [0.5, 0.6) is 0 Å². The van der Waals surface area contributed by atoms with Gasteiger partial charge in [0.15, 0.2) is 0 Å². The first kappa shape index (κ1) is 22.0. The quantitative estimate of drug-likeness (QED) is 0.291. The van der Waals surface area contributed by atoms with Crippen LogP contribution in [0.2, 0.25) is 0 Å². The molecule has 5 heteroatoms. The Balaban J connectivity index is 3.37. The Morgan fingerprint density at radius 1 is 1.12 bits per heavy atom. The lowest BCUT2D eigenvalue weighted by atomic mass is 9.77. The van der Waals surface area contributed by atoms with Crippen molar-refractivity contribution in [2.45, 2.75) is 78.7 Å². The highest BCUT2D eigenvalue weighted by Gasteiger charge is 2.28. The van der Waals surface area contributed by atoms with Gasteiger partial charge >= 0.3 is 0 Å². The zero-order valence-corrected chi connectivity index (χ0v) is 17.3. The van der Waals surface area contributed by atoms with Gasteiger partial charge in [0.05, 0.1) is 11.8 Å². The van der Waals surface area contributed by atoms with E-state index >= 15 is 0 Å². The first-order chi connectivity index (χ1) is 11.8. The molecule has 0 aromatic heterocycles. The van der Waals surface area contributed by atoms with Crippen LogP contribution in [0.3, 0.4) is 0 Å². The van der Waals surface area contributed by atoms with Gasteiger partial charge in [-0.2, -0.15) is 0 Å². The van der Waals surface area contributed by atoms with Crippen LogP contribution < -0.4 is 0 Å². The number of aliphatic hydroxyl groups excluding tert-OH is 1. The molecule has 1 rings (SSSR count). The number of benzene rings is 1. The van der Waals surface area contributed by atoms with Crippen LogP contribution in [0.25, 0.3) is 0 Å². The minimum absolute atomic E-state index is 0.220. The van der Waals surface area contributed by atoms with Gasteiger partial charge in [0.1, 0.15) is 11.4 Å². The fourth-order valence-corrected chi connectivity index (χ4v) is 2.62. The summed E-state index contributed by atoms with van der Waals surface area (Å²) in [5.74, 6) is 0.380. The lowest BCUT2D eigenvalue weighted by molar-refractivity contribution is 0.135. The summed E-state index contributed by atoms with van der Waals surface area (Å²) in [5, 5.41) is 17.9. The maximum atomic E-state index is 11.6. The highest BCUT2D eigenvalue weighted by molar-refractivity contribution is 5.78. The molecule has 1 aromatic rings. The summed E-state index contributed by atoms with van der Waals surface area (Å²) in [6.07, 6.45) is -0.588. The van der Waals surface area contributed by atoms with E-state index in [4.69, 9.17) is 4.84 Å². The fourth-order valence-electron chi connectivity index (χ4n) is 2.62. The van der Waals surface area contributed by atoms with Crippen molar-refractivity contribution in [1.29, 1.82) is 0 Å². The molecule has 1 aromatic carbocycles. The van der Waals surface area contributed by atoms with Crippen LogP contribution in [-0.4, -0.2) is 10.8 Å². The first-order valence-electron chi connectivity index (χ1n) is 8.83. The number of aliphatic hydroxyl groups is 1. The van der Waals surface area contributed by atoms with E-state index in [1.807, 2.05) is 67.5 Å². The second-order valence-electron chi connectivity index (χ2n) is 8.94. The molecular formula is C21H32N2O3. The minimum Gasteiger partial charge on any atom is -0.388 e. The fraction of sp³-hybridized carbons (Fsp3) is 0.571. The van der Waals surface area contributed by atoms with Crippen molar-refractivity contribution in [3.05, 3.63) is 46.1 Å². The average molecular weight is 360 g/mol. The summed E-state index contributed by atoms with van der Waals surface area (Å²) in [6, 6.07) is 3.72. The van der Waals surface area contributed by atoms with Gasteiger partial charge in [0, 0.05) is 6.42 Å². The molecule has 0 aliphatic carbocycles. The second kappa shape index (κ2) is 8.12. The molecule has 0 aliphatic heterocycles. The third kappa shape index (κ3) is 5.77. The van der Waals surface area contributed by atoms with Gasteiger partial charge in [0.2, 0.25) is 0 Å². The van der Waals surface area contributed by atoms with E-state index in [0.29, 0.717) is 17.0 Å². The molecule has 0 bridgehead atoms. The molecule has 0 radical (unpaired) electrons. The summed E-state index contributed by atoms with van der Waals surface area (Å²) in [4.78, 5) is 16.8. The Morgan fingerprint density at radius 2 is 1.58 bits per heavy atom. The van der Waals surface area contributed by atoms with Crippen molar-refractivity contribution in [2.24, 2.45) is 10.3 Å². The van der Waals surface area contributed by atoms with Gasteiger partial charge in [-0.05, 0) is 46.5 Å². The highest BCUT2D eigenvalue weighted by atomic mass is 16.6. The Labute approximate surface area is 157 Å². The highest BCUT2D eigenvalue weighted by Crippen LogP contribution is 2.42. The van der Waals surface area contributed by atoms with Crippen LogP contribution >= 0.6 is 0 Å². The lowest BCUT2D eigenvalue weighted by Crippen LogP contribution is -2.18. The van der Waals surface area contributed by atoms with E-state index in [1.165, 1.54) is 0 Å². The molecule has 144 valence electrons. The molecule has 26 heavy (non-hydrogen) atoms. The molecular weight excluding hydrogens is 328 g/mol. The van der Waals surface area contributed by atoms with Crippen molar-refractivity contribution in [3.63, 3.8) is 0 Å². The molecule has 0 aliphatic rings. The average Bonchev–Trinajstić information content (AvgIpc) is 2.49. The summed E-state index contributed by atoms with van der Waals surface area (Å²) in [7, 11) is 0. The molecule has 1 unspecified atom stereocenters. The van der Waals surface area contributed by atoms with Crippen molar-refractivity contribution in [2.75, 3.05) is 0 Å².